The van der Waals surface area contributed by atoms with Crippen molar-refractivity contribution in [3.8, 4) is 11.5 Å². The largest absolute Gasteiger partial charge is 0.508 e. The van der Waals surface area contributed by atoms with E-state index in [0.29, 0.717) is 17.4 Å². The molecule has 2 aromatic carbocycles. The summed E-state index contributed by atoms with van der Waals surface area (Å²) in [6.45, 7) is 6.43. The Morgan fingerprint density at radius 2 is 1.11 bits per heavy atom. The average molecular weight is 383 g/mol. The minimum atomic E-state index is 0.312. The molecule has 0 aromatic heterocycles. The summed E-state index contributed by atoms with van der Waals surface area (Å²) in [6, 6.07) is 12.2. The van der Waals surface area contributed by atoms with Crippen molar-refractivity contribution in [1.29, 1.82) is 0 Å². The predicted octanol–water partition coefficient (Wildman–Crippen LogP) is 7.50. The van der Waals surface area contributed by atoms with Gasteiger partial charge in [-0.3, -0.25) is 0 Å². The van der Waals surface area contributed by atoms with Crippen molar-refractivity contribution in [2.75, 3.05) is 0 Å². The van der Waals surface area contributed by atoms with Crippen molar-refractivity contribution in [1.82, 2.24) is 0 Å². The molecule has 2 aromatic rings. The summed E-state index contributed by atoms with van der Waals surface area (Å²) >= 11 is 0. The van der Waals surface area contributed by atoms with Crippen LogP contribution in [0.5, 0.6) is 11.5 Å². The molecule has 2 nitrogen and oxygen atoms in total. The van der Waals surface area contributed by atoms with Crippen molar-refractivity contribution in [3.05, 3.63) is 58.7 Å². The molecule has 0 saturated carbocycles. The summed E-state index contributed by atoms with van der Waals surface area (Å²) in [5.74, 6) is 1.09. The predicted molar refractivity (Wildman–Crippen MR) is 119 cm³/mol. The van der Waals surface area contributed by atoms with Crippen LogP contribution in [0.1, 0.15) is 100 Å². The van der Waals surface area contributed by atoms with E-state index < -0.39 is 0 Å². The molecule has 0 heterocycles. The number of aromatic hydroxyl groups is 2. The maximum absolute atomic E-state index is 10.1. The maximum atomic E-state index is 10.1. The SMILES string of the molecule is CCCCCCCCCC(c1ccc(O)c(CC)c1)c1ccc(O)c(CC)c1. The van der Waals surface area contributed by atoms with Gasteiger partial charge in [0.2, 0.25) is 0 Å². The second-order valence-corrected chi connectivity index (χ2v) is 7.95. The van der Waals surface area contributed by atoms with Crippen LogP contribution in [0.3, 0.4) is 0 Å². The molecular formula is C26H38O2. The molecule has 0 aliphatic carbocycles. The average Bonchev–Trinajstić information content (AvgIpc) is 2.71. The van der Waals surface area contributed by atoms with E-state index in [9.17, 15) is 10.2 Å². The summed E-state index contributed by atoms with van der Waals surface area (Å²) in [5.41, 5.74) is 4.56. The van der Waals surface area contributed by atoms with Gasteiger partial charge in [-0.15, -0.1) is 0 Å². The number of hydrogen-bond donors (Lipinski definition) is 2. The standard InChI is InChI=1S/C26H38O2/c1-4-7-8-9-10-11-12-13-24(22-14-16-25(27)20(5-2)18-22)23-15-17-26(28)21(6-3)19-23/h14-19,24,27-28H,4-13H2,1-3H3. The van der Waals surface area contributed by atoms with Gasteiger partial charge >= 0.3 is 0 Å². The van der Waals surface area contributed by atoms with Crippen molar-refractivity contribution in [2.24, 2.45) is 0 Å². The Labute approximate surface area is 171 Å². The Morgan fingerprint density at radius 1 is 0.643 bits per heavy atom. The molecule has 2 heteroatoms. The number of rotatable bonds is 12. The van der Waals surface area contributed by atoms with Crippen molar-refractivity contribution in [3.63, 3.8) is 0 Å². The van der Waals surface area contributed by atoms with E-state index in [2.05, 4.69) is 45.0 Å². The molecule has 0 fully saturated rings. The number of phenols is 2. The monoisotopic (exact) mass is 382 g/mol. The van der Waals surface area contributed by atoms with E-state index in [0.717, 1.165) is 30.4 Å². The summed E-state index contributed by atoms with van der Waals surface area (Å²) < 4.78 is 0. The molecule has 0 amide bonds. The fourth-order valence-corrected chi connectivity index (χ4v) is 4.04. The summed E-state index contributed by atoms with van der Waals surface area (Å²) in [6.07, 6.45) is 11.9. The summed E-state index contributed by atoms with van der Waals surface area (Å²) in [5, 5.41) is 20.2. The third-order valence-corrected chi connectivity index (χ3v) is 5.87. The number of benzene rings is 2. The molecule has 0 atom stereocenters. The first-order valence-corrected chi connectivity index (χ1v) is 11.2. The van der Waals surface area contributed by atoms with Gasteiger partial charge in [-0.25, -0.2) is 0 Å². The van der Waals surface area contributed by atoms with E-state index in [-0.39, 0.29) is 0 Å². The number of phenolic OH excluding ortho intramolecular Hbond substituents is 2. The highest BCUT2D eigenvalue weighted by Gasteiger charge is 2.17. The summed E-state index contributed by atoms with van der Waals surface area (Å²) in [4.78, 5) is 0. The van der Waals surface area contributed by atoms with Gasteiger partial charge in [0.25, 0.3) is 0 Å². The van der Waals surface area contributed by atoms with Gasteiger partial charge in [0, 0.05) is 5.92 Å². The van der Waals surface area contributed by atoms with E-state index in [1.807, 2.05) is 12.1 Å². The fourth-order valence-electron chi connectivity index (χ4n) is 4.04. The van der Waals surface area contributed by atoms with E-state index >= 15 is 0 Å². The molecule has 2 N–H and O–H groups in total. The van der Waals surface area contributed by atoms with Crippen LogP contribution in [0, 0.1) is 0 Å². The molecule has 0 bridgehead atoms. The highest BCUT2D eigenvalue weighted by atomic mass is 16.3. The molecule has 0 spiro atoms. The number of aryl methyl sites for hydroxylation is 2. The molecule has 154 valence electrons. The Hall–Kier alpha value is -1.96. The third-order valence-electron chi connectivity index (χ3n) is 5.87. The molecule has 2 rings (SSSR count). The minimum Gasteiger partial charge on any atom is -0.508 e. The van der Waals surface area contributed by atoms with Crippen LogP contribution in [-0.4, -0.2) is 10.2 Å². The van der Waals surface area contributed by atoms with Gasteiger partial charge in [-0.1, -0.05) is 90.0 Å². The number of hydrogen-bond acceptors (Lipinski definition) is 2. The number of unbranched alkanes of at least 4 members (excludes halogenated alkanes) is 6. The van der Waals surface area contributed by atoms with Crippen LogP contribution in [-0.2, 0) is 12.8 Å². The lowest BCUT2D eigenvalue weighted by Crippen LogP contribution is -2.03. The Kier molecular flexibility index (Phi) is 9.40. The van der Waals surface area contributed by atoms with E-state index in [1.165, 1.54) is 56.1 Å². The highest BCUT2D eigenvalue weighted by Crippen LogP contribution is 2.35. The van der Waals surface area contributed by atoms with Crippen LogP contribution < -0.4 is 0 Å². The minimum absolute atomic E-state index is 0.312. The molecule has 0 aliphatic rings. The van der Waals surface area contributed by atoms with Crippen molar-refractivity contribution < 1.29 is 10.2 Å². The van der Waals surface area contributed by atoms with Crippen LogP contribution in [0.15, 0.2) is 36.4 Å². The summed E-state index contributed by atoms with van der Waals surface area (Å²) in [7, 11) is 0. The maximum Gasteiger partial charge on any atom is 0.118 e. The Morgan fingerprint density at radius 3 is 1.57 bits per heavy atom. The lowest BCUT2D eigenvalue weighted by Gasteiger charge is -2.20. The normalized spacial score (nSPS) is 11.3. The smallest absolute Gasteiger partial charge is 0.118 e. The second kappa shape index (κ2) is 11.8. The van der Waals surface area contributed by atoms with Crippen molar-refractivity contribution >= 4 is 0 Å². The lowest BCUT2D eigenvalue weighted by atomic mass is 9.84. The zero-order chi connectivity index (χ0) is 20.4. The van der Waals surface area contributed by atoms with Gasteiger partial charge in [0.1, 0.15) is 11.5 Å². The zero-order valence-corrected chi connectivity index (χ0v) is 18.0. The molecule has 0 saturated heterocycles. The Bertz CT molecular complexity index is 667. The van der Waals surface area contributed by atoms with E-state index in [1.54, 1.807) is 0 Å². The third kappa shape index (κ3) is 6.29. The zero-order valence-electron chi connectivity index (χ0n) is 18.0. The first-order valence-electron chi connectivity index (χ1n) is 11.2. The Balaban J connectivity index is 2.16. The van der Waals surface area contributed by atoms with Crippen molar-refractivity contribution in [2.45, 2.75) is 90.9 Å². The second-order valence-electron chi connectivity index (χ2n) is 7.95. The van der Waals surface area contributed by atoms with Crippen LogP contribution in [0.25, 0.3) is 0 Å². The molecule has 28 heavy (non-hydrogen) atoms. The van der Waals surface area contributed by atoms with Gasteiger partial charge in [-0.05, 0) is 53.6 Å². The van der Waals surface area contributed by atoms with Crippen LogP contribution in [0.2, 0.25) is 0 Å². The van der Waals surface area contributed by atoms with Gasteiger partial charge < -0.3 is 10.2 Å². The molecule has 0 aliphatic heterocycles. The fraction of sp³-hybridized carbons (Fsp3) is 0.538. The molecular weight excluding hydrogens is 344 g/mol. The van der Waals surface area contributed by atoms with E-state index in [4.69, 9.17) is 0 Å². The van der Waals surface area contributed by atoms with Gasteiger partial charge in [0.15, 0.2) is 0 Å². The van der Waals surface area contributed by atoms with Gasteiger partial charge in [0.05, 0.1) is 0 Å². The first-order chi connectivity index (χ1) is 13.6. The van der Waals surface area contributed by atoms with Crippen LogP contribution in [0.4, 0.5) is 0 Å². The van der Waals surface area contributed by atoms with Gasteiger partial charge in [-0.2, -0.15) is 0 Å². The molecule has 0 radical (unpaired) electrons. The molecule has 0 unspecified atom stereocenters. The topological polar surface area (TPSA) is 40.5 Å². The highest BCUT2D eigenvalue weighted by molar-refractivity contribution is 5.44. The first kappa shape index (κ1) is 22.3. The quantitative estimate of drug-likeness (QED) is 0.373. The lowest BCUT2D eigenvalue weighted by molar-refractivity contribution is 0.468. The van der Waals surface area contributed by atoms with Crippen LogP contribution >= 0.6 is 0 Å².